The van der Waals surface area contributed by atoms with Crippen molar-refractivity contribution in [2.24, 2.45) is 5.92 Å². The number of urea groups is 1. The molecule has 10 nitrogen and oxygen atoms in total. The summed E-state index contributed by atoms with van der Waals surface area (Å²) in [5, 5.41) is 15.8. The molecule has 1 saturated heterocycles. The zero-order valence-corrected chi connectivity index (χ0v) is 22.5. The Hall–Kier alpha value is -3.38. The number of aliphatic hydroxyl groups is 1. The van der Waals surface area contributed by atoms with Crippen molar-refractivity contribution in [3.8, 4) is 11.4 Å². The van der Waals surface area contributed by atoms with Gasteiger partial charge in [0.05, 0.1) is 25.6 Å². The van der Waals surface area contributed by atoms with Gasteiger partial charge in [-0.2, -0.15) is 0 Å². The van der Waals surface area contributed by atoms with Gasteiger partial charge in [-0.25, -0.2) is 28.5 Å². The summed E-state index contributed by atoms with van der Waals surface area (Å²) < 4.78 is 33.9. The van der Waals surface area contributed by atoms with Crippen molar-refractivity contribution < 1.29 is 23.4 Å². The van der Waals surface area contributed by atoms with E-state index in [1.807, 2.05) is 4.90 Å². The van der Waals surface area contributed by atoms with E-state index in [1.54, 1.807) is 6.20 Å². The number of ether oxygens (including phenoxy) is 1. The number of hydrogen-bond donors (Lipinski definition) is 4. The summed E-state index contributed by atoms with van der Waals surface area (Å²) in [6.45, 7) is 2.52. The number of aliphatic hydroxyl groups excluding tert-OH is 1. The largest absolute Gasteiger partial charge is 0.394 e. The third-order valence-electron chi connectivity index (χ3n) is 7.77. The molecule has 4 N–H and O–H groups in total. The molecule has 1 unspecified atom stereocenters. The number of piperidine rings is 1. The molecule has 3 atom stereocenters. The molecule has 2 aliphatic rings. The van der Waals surface area contributed by atoms with Gasteiger partial charge in [0, 0.05) is 48.9 Å². The van der Waals surface area contributed by atoms with E-state index in [-0.39, 0.29) is 36.4 Å². The zero-order chi connectivity index (χ0) is 27.9. The van der Waals surface area contributed by atoms with Gasteiger partial charge in [-0.05, 0) is 63.4 Å². The monoisotopic (exact) mass is 557 g/mol. The van der Waals surface area contributed by atoms with Crippen LogP contribution in [0.2, 0.25) is 0 Å². The highest BCUT2D eigenvalue weighted by Crippen LogP contribution is 2.29. The summed E-state index contributed by atoms with van der Waals surface area (Å²) in [4.78, 5) is 30.5. The Balaban J connectivity index is 1.16. The molecule has 0 spiro atoms. The maximum Gasteiger partial charge on any atom is 0.317 e. The fourth-order valence-corrected chi connectivity index (χ4v) is 5.80. The molecule has 2 amide bonds. The van der Waals surface area contributed by atoms with Crippen LogP contribution in [0.25, 0.3) is 22.4 Å². The molecular weight excluding hydrogens is 520 g/mol. The van der Waals surface area contributed by atoms with Crippen molar-refractivity contribution in [1.29, 1.82) is 0 Å². The standard InChI is InChI=1S/C28H37F2N7O3/c29-19-12-22-23(15-32-25(22)31-14-19)26-33-16-24(30)27(36-26)34-20-6-1-7-21(13-20)35-28(39)37-8-2-4-18(17-37)5-3-10-40-11-9-38/h12,14-16,18,20-21,38H,1-11,13,17H2,(H,31,32)(H,35,39)(H,33,34,36)/t18?,20-,21+/m1/s1. The number of rotatable bonds is 10. The minimum absolute atomic E-state index is 0.0157. The lowest BCUT2D eigenvalue weighted by atomic mass is 9.90. The zero-order valence-electron chi connectivity index (χ0n) is 22.5. The lowest BCUT2D eigenvalue weighted by Crippen LogP contribution is -2.50. The number of aromatic nitrogens is 4. The normalized spacial score (nSPS) is 21.5. The number of amides is 2. The topological polar surface area (TPSA) is 128 Å². The number of carbonyl (C=O) groups is 1. The van der Waals surface area contributed by atoms with Gasteiger partial charge in [0.2, 0.25) is 0 Å². The fourth-order valence-electron chi connectivity index (χ4n) is 5.80. The van der Waals surface area contributed by atoms with E-state index >= 15 is 0 Å². The maximum atomic E-state index is 14.7. The summed E-state index contributed by atoms with van der Waals surface area (Å²) in [5.41, 5.74) is 1.04. The average Bonchev–Trinajstić information content (AvgIpc) is 3.37. The van der Waals surface area contributed by atoms with Gasteiger partial charge >= 0.3 is 6.03 Å². The minimum atomic E-state index is -0.569. The molecule has 1 aliphatic heterocycles. The second kappa shape index (κ2) is 13.3. The predicted molar refractivity (Wildman–Crippen MR) is 147 cm³/mol. The maximum absolute atomic E-state index is 14.7. The molecule has 40 heavy (non-hydrogen) atoms. The van der Waals surface area contributed by atoms with Crippen LogP contribution < -0.4 is 10.6 Å². The molecule has 1 aliphatic carbocycles. The average molecular weight is 558 g/mol. The van der Waals surface area contributed by atoms with Crippen molar-refractivity contribution in [2.75, 3.05) is 38.2 Å². The van der Waals surface area contributed by atoms with Crippen LogP contribution in [0.1, 0.15) is 51.4 Å². The van der Waals surface area contributed by atoms with E-state index in [4.69, 9.17) is 9.84 Å². The van der Waals surface area contributed by atoms with Crippen molar-refractivity contribution in [3.63, 3.8) is 0 Å². The summed E-state index contributed by atoms with van der Waals surface area (Å²) in [6.07, 6.45) is 11.1. The Bertz CT molecular complexity index is 1290. The molecule has 1 saturated carbocycles. The number of nitrogens with one attached hydrogen (secondary N) is 3. The van der Waals surface area contributed by atoms with Gasteiger partial charge in [-0.15, -0.1) is 0 Å². The number of H-pyrrole nitrogens is 1. The molecule has 5 rings (SSSR count). The Morgan fingerprint density at radius 3 is 2.90 bits per heavy atom. The number of pyridine rings is 1. The van der Waals surface area contributed by atoms with E-state index in [0.717, 1.165) is 70.4 Å². The quantitative estimate of drug-likeness (QED) is 0.275. The Labute approximate surface area is 231 Å². The molecule has 4 heterocycles. The number of fused-ring (bicyclic) bond motifs is 1. The van der Waals surface area contributed by atoms with Crippen molar-refractivity contribution in [2.45, 2.75) is 63.5 Å². The lowest BCUT2D eigenvalue weighted by molar-refractivity contribution is 0.0844. The molecule has 0 bridgehead atoms. The van der Waals surface area contributed by atoms with Crippen LogP contribution in [0.15, 0.2) is 24.7 Å². The van der Waals surface area contributed by atoms with Crippen LogP contribution in [0.5, 0.6) is 0 Å². The number of aromatic amines is 1. The first-order valence-corrected chi connectivity index (χ1v) is 14.2. The number of hydrogen-bond acceptors (Lipinski definition) is 7. The van der Waals surface area contributed by atoms with E-state index in [9.17, 15) is 13.6 Å². The van der Waals surface area contributed by atoms with E-state index < -0.39 is 11.6 Å². The highest BCUT2D eigenvalue weighted by Gasteiger charge is 2.28. The van der Waals surface area contributed by atoms with Crippen LogP contribution in [0.3, 0.4) is 0 Å². The molecular formula is C28H37F2N7O3. The Morgan fingerprint density at radius 2 is 2.02 bits per heavy atom. The van der Waals surface area contributed by atoms with E-state index in [2.05, 4.69) is 30.6 Å². The predicted octanol–water partition coefficient (Wildman–Crippen LogP) is 4.23. The minimum Gasteiger partial charge on any atom is -0.394 e. The first-order valence-electron chi connectivity index (χ1n) is 14.2. The summed E-state index contributed by atoms with van der Waals surface area (Å²) in [6, 6.07) is 1.23. The molecule has 216 valence electrons. The Morgan fingerprint density at radius 1 is 1.15 bits per heavy atom. The number of carbonyl (C=O) groups excluding carboxylic acids is 1. The third kappa shape index (κ3) is 7.03. The molecule has 0 aromatic carbocycles. The lowest BCUT2D eigenvalue weighted by Gasteiger charge is -2.36. The molecule has 3 aromatic heterocycles. The van der Waals surface area contributed by atoms with Crippen molar-refractivity contribution >= 4 is 22.9 Å². The highest BCUT2D eigenvalue weighted by molar-refractivity contribution is 5.91. The van der Waals surface area contributed by atoms with Gasteiger partial charge in [0.1, 0.15) is 11.5 Å². The summed E-state index contributed by atoms with van der Waals surface area (Å²) in [5.74, 6) is -0.240. The summed E-state index contributed by atoms with van der Waals surface area (Å²) in [7, 11) is 0. The molecule has 2 fully saturated rings. The van der Waals surface area contributed by atoms with Gasteiger partial charge < -0.3 is 30.4 Å². The molecule has 12 heteroatoms. The van der Waals surface area contributed by atoms with Crippen LogP contribution in [0, 0.1) is 17.6 Å². The number of nitrogens with zero attached hydrogens (tertiary/aromatic N) is 4. The van der Waals surface area contributed by atoms with E-state index in [1.165, 1.54) is 6.07 Å². The highest BCUT2D eigenvalue weighted by atomic mass is 19.1. The van der Waals surface area contributed by atoms with Crippen LogP contribution in [0.4, 0.5) is 19.4 Å². The van der Waals surface area contributed by atoms with Gasteiger partial charge in [0.15, 0.2) is 17.5 Å². The van der Waals surface area contributed by atoms with Crippen LogP contribution >= 0.6 is 0 Å². The SMILES string of the molecule is O=C(N[C@H]1CCC[C@@H](Nc2nc(-c3c[nH]c4ncc(F)cc34)ncc2F)C1)N1CCCC(CCCOCCO)C1. The van der Waals surface area contributed by atoms with Crippen molar-refractivity contribution in [3.05, 3.63) is 36.3 Å². The molecule has 3 aromatic rings. The second-order valence-corrected chi connectivity index (χ2v) is 10.7. The first kappa shape index (κ1) is 28.2. The van der Waals surface area contributed by atoms with Gasteiger partial charge in [-0.3, -0.25) is 0 Å². The smallest absolute Gasteiger partial charge is 0.317 e. The third-order valence-corrected chi connectivity index (χ3v) is 7.77. The Kier molecular flexibility index (Phi) is 9.38. The van der Waals surface area contributed by atoms with Crippen LogP contribution in [-0.2, 0) is 4.74 Å². The first-order chi connectivity index (χ1) is 19.5. The number of halogens is 2. The summed E-state index contributed by atoms with van der Waals surface area (Å²) >= 11 is 0. The number of likely N-dealkylation sites (tertiary alicyclic amines) is 1. The van der Waals surface area contributed by atoms with E-state index in [0.29, 0.717) is 42.1 Å². The van der Waals surface area contributed by atoms with Gasteiger partial charge in [0.25, 0.3) is 0 Å². The fraction of sp³-hybridized carbons (Fsp3) is 0.571. The van der Waals surface area contributed by atoms with Crippen LogP contribution in [-0.4, -0.2) is 81.0 Å². The molecule has 0 radical (unpaired) electrons. The van der Waals surface area contributed by atoms with Crippen molar-refractivity contribution in [1.82, 2.24) is 30.2 Å². The second-order valence-electron chi connectivity index (χ2n) is 10.7. The number of anilines is 1. The van der Waals surface area contributed by atoms with Gasteiger partial charge in [-0.1, -0.05) is 0 Å².